The van der Waals surface area contributed by atoms with Crippen LogP contribution in [0, 0.1) is 0 Å². The molecule has 2 aliphatic rings. The minimum absolute atomic E-state index is 0.135. The zero-order valence-corrected chi connectivity index (χ0v) is 16.6. The van der Waals surface area contributed by atoms with Gasteiger partial charge in [0.15, 0.2) is 5.82 Å². The van der Waals surface area contributed by atoms with Gasteiger partial charge in [0.2, 0.25) is 6.41 Å². The van der Waals surface area contributed by atoms with Crippen LogP contribution in [0.4, 0.5) is 5.82 Å². The van der Waals surface area contributed by atoms with Crippen LogP contribution in [0.2, 0.25) is 0 Å². The Balaban J connectivity index is 1.61. The van der Waals surface area contributed by atoms with Crippen molar-refractivity contribution in [3.8, 4) is 11.4 Å². The van der Waals surface area contributed by atoms with Gasteiger partial charge in [-0.25, -0.2) is 9.97 Å². The predicted molar refractivity (Wildman–Crippen MR) is 112 cm³/mol. The molecule has 1 N–H and O–H groups in total. The Bertz CT molecular complexity index is 844. The van der Waals surface area contributed by atoms with E-state index in [1.54, 1.807) is 11.0 Å². The average Bonchev–Trinajstić information content (AvgIpc) is 2.80. The van der Waals surface area contributed by atoms with Crippen molar-refractivity contribution >= 4 is 18.1 Å². The van der Waals surface area contributed by atoms with Gasteiger partial charge in [0.1, 0.15) is 11.5 Å². The largest absolute Gasteiger partial charge is 0.353 e. The summed E-state index contributed by atoms with van der Waals surface area (Å²) in [4.78, 5) is 37.1. The van der Waals surface area contributed by atoms with Crippen molar-refractivity contribution < 1.29 is 9.59 Å². The van der Waals surface area contributed by atoms with Gasteiger partial charge < -0.3 is 15.1 Å². The second-order valence-electron chi connectivity index (χ2n) is 7.74. The summed E-state index contributed by atoms with van der Waals surface area (Å²) < 4.78 is 0. The molecule has 1 saturated carbocycles. The van der Waals surface area contributed by atoms with E-state index < -0.39 is 0 Å². The van der Waals surface area contributed by atoms with Crippen molar-refractivity contribution in [2.24, 2.45) is 0 Å². The van der Waals surface area contributed by atoms with Gasteiger partial charge in [0, 0.05) is 43.9 Å². The first-order valence-corrected chi connectivity index (χ1v) is 10.4. The maximum atomic E-state index is 13.0. The lowest BCUT2D eigenvalue weighted by atomic mass is 9.95. The molecule has 29 heavy (non-hydrogen) atoms. The normalized spacial score (nSPS) is 17.8. The minimum Gasteiger partial charge on any atom is -0.353 e. The Kier molecular flexibility index (Phi) is 6.03. The first-order chi connectivity index (χ1) is 14.2. The van der Waals surface area contributed by atoms with Gasteiger partial charge in [-0.3, -0.25) is 9.59 Å². The van der Waals surface area contributed by atoms with Gasteiger partial charge in [-0.15, -0.1) is 0 Å². The molecule has 0 bridgehead atoms. The molecule has 0 spiro atoms. The van der Waals surface area contributed by atoms with Crippen LogP contribution in [0.3, 0.4) is 0 Å². The summed E-state index contributed by atoms with van der Waals surface area (Å²) in [5, 5.41) is 3.16. The number of rotatable bonds is 5. The Labute approximate surface area is 171 Å². The predicted octanol–water partition coefficient (Wildman–Crippen LogP) is 2.48. The number of carbonyl (C=O) groups excluding carboxylic acids is 2. The molecule has 2 heterocycles. The molecule has 1 aliphatic carbocycles. The third kappa shape index (κ3) is 4.72. The van der Waals surface area contributed by atoms with Crippen molar-refractivity contribution in [1.82, 2.24) is 20.2 Å². The number of anilines is 1. The number of aromatic nitrogens is 2. The van der Waals surface area contributed by atoms with E-state index in [0.29, 0.717) is 37.7 Å². The average molecular weight is 393 g/mol. The summed E-state index contributed by atoms with van der Waals surface area (Å²) >= 11 is 0. The monoisotopic (exact) mass is 393 g/mol. The number of carbonyl (C=O) groups is 2. The van der Waals surface area contributed by atoms with Crippen LogP contribution in [0.25, 0.3) is 11.4 Å². The second kappa shape index (κ2) is 9.03. The minimum atomic E-state index is -0.135. The SMILES string of the molecule is O=CN1CCN(c2cc(C(=O)NC3CCCCC3)nc(-c3ccccc3)n2)CC1. The molecule has 1 aliphatic heterocycles. The van der Waals surface area contributed by atoms with Gasteiger partial charge in [-0.1, -0.05) is 49.6 Å². The summed E-state index contributed by atoms with van der Waals surface area (Å²) in [6.07, 6.45) is 6.52. The quantitative estimate of drug-likeness (QED) is 0.790. The highest BCUT2D eigenvalue weighted by Crippen LogP contribution is 2.22. The van der Waals surface area contributed by atoms with Crippen molar-refractivity contribution in [1.29, 1.82) is 0 Å². The van der Waals surface area contributed by atoms with Crippen LogP contribution in [0.15, 0.2) is 36.4 Å². The molecule has 1 saturated heterocycles. The lowest BCUT2D eigenvalue weighted by molar-refractivity contribution is -0.118. The van der Waals surface area contributed by atoms with E-state index in [4.69, 9.17) is 4.98 Å². The molecule has 0 unspecified atom stereocenters. The number of nitrogens with one attached hydrogen (secondary N) is 1. The topological polar surface area (TPSA) is 78.4 Å². The van der Waals surface area contributed by atoms with E-state index in [9.17, 15) is 9.59 Å². The Morgan fingerprint density at radius 1 is 1.00 bits per heavy atom. The highest BCUT2D eigenvalue weighted by atomic mass is 16.2. The van der Waals surface area contributed by atoms with Crippen LogP contribution in [-0.2, 0) is 4.79 Å². The molecule has 152 valence electrons. The first kappa shape index (κ1) is 19.4. The molecule has 7 heteroatoms. The molecule has 7 nitrogen and oxygen atoms in total. The van der Waals surface area contributed by atoms with Crippen LogP contribution in [0.5, 0.6) is 0 Å². The maximum Gasteiger partial charge on any atom is 0.270 e. The Hall–Kier alpha value is -2.96. The van der Waals surface area contributed by atoms with Crippen LogP contribution >= 0.6 is 0 Å². The van der Waals surface area contributed by atoms with Crippen LogP contribution < -0.4 is 10.2 Å². The smallest absolute Gasteiger partial charge is 0.270 e. The van der Waals surface area contributed by atoms with Crippen molar-refractivity contribution in [2.45, 2.75) is 38.1 Å². The molecule has 1 aromatic heterocycles. The van der Waals surface area contributed by atoms with E-state index in [0.717, 1.165) is 43.5 Å². The Morgan fingerprint density at radius 2 is 1.72 bits per heavy atom. The molecule has 2 fully saturated rings. The van der Waals surface area contributed by atoms with Gasteiger partial charge in [0.05, 0.1) is 0 Å². The van der Waals surface area contributed by atoms with Crippen molar-refractivity contribution in [2.75, 3.05) is 31.1 Å². The zero-order chi connectivity index (χ0) is 20.1. The molecular weight excluding hydrogens is 366 g/mol. The molecule has 1 aromatic carbocycles. The standard InChI is InChI=1S/C22H27N5O2/c28-16-26-11-13-27(14-12-26)20-15-19(22(29)23-18-9-5-2-6-10-18)24-21(25-20)17-7-3-1-4-8-17/h1,3-4,7-8,15-16,18H,2,5-6,9-14H2,(H,23,29). The maximum absolute atomic E-state index is 13.0. The fraction of sp³-hybridized carbons (Fsp3) is 0.455. The highest BCUT2D eigenvalue weighted by molar-refractivity contribution is 5.93. The summed E-state index contributed by atoms with van der Waals surface area (Å²) in [7, 11) is 0. The molecular formula is C22H27N5O2. The van der Waals surface area contributed by atoms with Crippen molar-refractivity contribution in [3.63, 3.8) is 0 Å². The number of hydrogen-bond donors (Lipinski definition) is 1. The Morgan fingerprint density at radius 3 is 2.41 bits per heavy atom. The second-order valence-corrected chi connectivity index (χ2v) is 7.74. The third-order valence-corrected chi connectivity index (χ3v) is 5.70. The van der Waals surface area contributed by atoms with Crippen LogP contribution in [-0.4, -0.2) is 59.4 Å². The number of piperazine rings is 1. The van der Waals surface area contributed by atoms with E-state index in [1.807, 2.05) is 30.3 Å². The summed E-state index contributed by atoms with van der Waals surface area (Å²) in [6.45, 7) is 2.68. The summed E-state index contributed by atoms with van der Waals surface area (Å²) in [5.74, 6) is 1.15. The number of benzene rings is 1. The number of amides is 2. The number of nitrogens with zero attached hydrogens (tertiary/aromatic N) is 4. The van der Waals surface area contributed by atoms with E-state index in [-0.39, 0.29) is 11.9 Å². The summed E-state index contributed by atoms with van der Waals surface area (Å²) in [6, 6.07) is 11.7. The molecule has 2 amide bonds. The van der Waals surface area contributed by atoms with E-state index >= 15 is 0 Å². The van der Waals surface area contributed by atoms with Gasteiger partial charge in [-0.05, 0) is 12.8 Å². The summed E-state index contributed by atoms with van der Waals surface area (Å²) in [5.41, 5.74) is 1.28. The van der Waals surface area contributed by atoms with E-state index in [1.165, 1.54) is 6.42 Å². The lowest BCUT2D eigenvalue weighted by Gasteiger charge is -2.33. The molecule has 2 aromatic rings. The molecule has 0 atom stereocenters. The van der Waals surface area contributed by atoms with Gasteiger partial charge >= 0.3 is 0 Å². The van der Waals surface area contributed by atoms with Crippen LogP contribution in [0.1, 0.15) is 42.6 Å². The highest BCUT2D eigenvalue weighted by Gasteiger charge is 2.22. The van der Waals surface area contributed by atoms with Gasteiger partial charge in [0.25, 0.3) is 5.91 Å². The fourth-order valence-electron chi connectivity index (χ4n) is 3.99. The zero-order valence-electron chi connectivity index (χ0n) is 16.6. The molecule has 0 radical (unpaired) electrons. The lowest BCUT2D eigenvalue weighted by Crippen LogP contribution is -2.46. The van der Waals surface area contributed by atoms with E-state index in [2.05, 4.69) is 15.2 Å². The van der Waals surface area contributed by atoms with Gasteiger partial charge in [-0.2, -0.15) is 0 Å². The first-order valence-electron chi connectivity index (χ1n) is 10.4. The number of hydrogen-bond acceptors (Lipinski definition) is 5. The van der Waals surface area contributed by atoms with Crippen molar-refractivity contribution in [3.05, 3.63) is 42.1 Å². The molecule has 4 rings (SSSR count). The fourth-order valence-corrected chi connectivity index (χ4v) is 3.99. The third-order valence-electron chi connectivity index (χ3n) is 5.70.